The second kappa shape index (κ2) is 10.2. The number of aromatic nitrogens is 3. The summed E-state index contributed by atoms with van der Waals surface area (Å²) in [5.74, 6) is -1.33. The molecule has 3 aromatic heterocycles. The van der Waals surface area contributed by atoms with Gasteiger partial charge < -0.3 is 15.4 Å². The van der Waals surface area contributed by atoms with Crippen LogP contribution in [-0.2, 0) is 9.53 Å². The van der Waals surface area contributed by atoms with Gasteiger partial charge in [0.1, 0.15) is 17.8 Å². The standard InChI is InChI=1S/C27H27N5O5/c1-16-15-32-22(20-12-18(7-8-19(16)20)31-26(36)27(2,3)4)30-14-21(24(32)34)25(35)37-11-10-29-23(33)17-6-5-9-28-13-17/h5-9,12-15H,10-11H2,1-4H3,(H,29,33)(H,31,36). The minimum Gasteiger partial charge on any atom is -0.460 e. The van der Waals surface area contributed by atoms with Crippen molar-refractivity contribution >= 4 is 39.9 Å². The van der Waals surface area contributed by atoms with Crippen LogP contribution in [0.5, 0.6) is 0 Å². The van der Waals surface area contributed by atoms with Crippen molar-refractivity contribution in [3.8, 4) is 0 Å². The first-order valence-corrected chi connectivity index (χ1v) is 11.7. The number of carbonyl (C=O) groups is 3. The fourth-order valence-corrected chi connectivity index (χ4v) is 3.65. The summed E-state index contributed by atoms with van der Waals surface area (Å²) in [5.41, 5.74) is 0.716. The van der Waals surface area contributed by atoms with Gasteiger partial charge in [0, 0.05) is 41.3 Å². The molecule has 0 bridgehead atoms. The first kappa shape index (κ1) is 25.5. The van der Waals surface area contributed by atoms with Gasteiger partial charge in [-0.05, 0) is 42.1 Å². The fraction of sp³-hybridized carbons (Fsp3) is 0.259. The van der Waals surface area contributed by atoms with Crippen molar-refractivity contribution in [1.29, 1.82) is 0 Å². The molecule has 2 amide bonds. The highest BCUT2D eigenvalue weighted by Gasteiger charge is 2.22. The zero-order chi connectivity index (χ0) is 26.7. The highest BCUT2D eigenvalue weighted by Crippen LogP contribution is 2.26. The lowest BCUT2D eigenvalue weighted by Crippen LogP contribution is -2.30. The van der Waals surface area contributed by atoms with Crippen LogP contribution < -0.4 is 16.2 Å². The normalized spacial score (nSPS) is 11.4. The fourth-order valence-electron chi connectivity index (χ4n) is 3.65. The molecule has 190 valence electrons. The zero-order valence-electron chi connectivity index (χ0n) is 21.0. The predicted molar refractivity (Wildman–Crippen MR) is 139 cm³/mol. The molecule has 0 atom stereocenters. The number of esters is 1. The van der Waals surface area contributed by atoms with E-state index in [-0.39, 0.29) is 30.5 Å². The molecular formula is C27H27N5O5. The van der Waals surface area contributed by atoms with E-state index in [0.717, 1.165) is 10.9 Å². The van der Waals surface area contributed by atoms with E-state index in [9.17, 15) is 19.2 Å². The maximum Gasteiger partial charge on any atom is 0.345 e. The third kappa shape index (κ3) is 5.48. The molecule has 37 heavy (non-hydrogen) atoms. The molecule has 0 aliphatic carbocycles. The molecule has 2 N–H and O–H groups in total. The number of anilines is 1. The quantitative estimate of drug-likeness (QED) is 0.236. The number of nitrogens with one attached hydrogen (secondary N) is 2. The Morgan fingerprint density at radius 1 is 1.08 bits per heavy atom. The van der Waals surface area contributed by atoms with Crippen LogP contribution in [0.25, 0.3) is 16.4 Å². The number of rotatable bonds is 6. The number of carbonyl (C=O) groups excluding carboxylic acids is 3. The van der Waals surface area contributed by atoms with Gasteiger partial charge in [0.25, 0.3) is 11.5 Å². The summed E-state index contributed by atoms with van der Waals surface area (Å²) in [6, 6.07) is 8.67. The van der Waals surface area contributed by atoms with Crippen LogP contribution in [0.4, 0.5) is 5.69 Å². The second-order valence-electron chi connectivity index (χ2n) is 9.58. The van der Waals surface area contributed by atoms with Crippen LogP contribution in [-0.4, -0.2) is 45.3 Å². The van der Waals surface area contributed by atoms with Gasteiger partial charge in [-0.25, -0.2) is 9.78 Å². The van der Waals surface area contributed by atoms with Gasteiger partial charge in [0.2, 0.25) is 5.91 Å². The molecule has 4 aromatic rings. The number of benzene rings is 1. The van der Waals surface area contributed by atoms with Gasteiger partial charge >= 0.3 is 5.97 Å². The summed E-state index contributed by atoms with van der Waals surface area (Å²) < 4.78 is 6.49. The molecule has 4 rings (SSSR count). The number of hydrogen-bond donors (Lipinski definition) is 2. The summed E-state index contributed by atoms with van der Waals surface area (Å²) in [6.07, 6.45) is 5.79. The van der Waals surface area contributed by atoms with Crippen LogP contribution >= 0.6 is 0 Å². The smallest absolute Gasteiger partial charge is 0.345 e. The molecule has 0 aliphatic heterocycles. The first-order valence-electron chi connectivity index (χ1n) is 11.7. The van der Waals surface area contributed by atoms with Gasteiger partial charge in [-0.2, -0.15) is 0 Å². The van der Waals surface area contributed by atoms with Gasteiger partial charge in [-0.3, -0.25) is 23.8 Å². The van der Waals surface area contributed by atoms with E-state index in [2.05, 4.69) is 20.6 Å². The van der Waals surface area contributed by atoms with Crippen molar-refractivity contribution in [3.05, 3.63) is 82.2 Å². The summed E-state index contributed by atoms with van der Waals surface area (Å²) in [6.45, 7) is 7.24. The molecule has 0 spiro atoms. The Labute approximate surface area is 212 Å². The van der Waals surface area contributed by atoms with Crippen molar-refractivity contribution in [2.75, 3.05) is 18.5 Å². The Balaban J connectivity index is 1.54. The Hall–Kier alpha value is -4.60. The van der Waals surface area contributed by atoms with Crippen molar-refractivity contribution in [2.24, 2.45) is 5.41 Å². The Morgan fingerprint density at radius 3 is 2.57 bits per heavy atom. The maximum atomic E-state index is 13.2. The summed E-state index contributed by atoms with van der Waals surface area (Å²) in [7, 11) is 0. The second-order valence-corrected chi connectivity index (χ2v) is 9.58. The van der Waals surface area contributed by atoms with Crippen molar-refractivity contribution in [2.45, 2.75) is 27.7 Å². The number of hydrogen-bond acceptors (Lipinski definition) is 7. The van der Waals surface area contributed by atoms with Crippen molar-refractivity contribution < 1.29 is 19.1 Å². The maximum absolute atomic E-state index is 13.2. The lowest BCUT2D eigenvalue weighted by molar-refractivity contribution is -0.123. The molecule has 10 heteroatoms. The SMILES string of the molecule is Cc1cn2c(=O)c(C(=O)OCCNC(=O)c3cccnc3)cnc2c2cc(NC(=O)C(C)(C)C)ccc12. The Bertz CT molecular complexity index is 1570. The number of fused-ring (bicyclic) bond motifs is 3. The van der Waals surface area contributed by atoms with Gasteiger partial charge in [0.15, 0.2) is 0 Å². The predicted octanol–water partition coefficient (Wildman–Crippen LogP) is 3.12. The largest absolute Gasteiger partial charge is 0.460 e. The minimum absolute atomic E-state index is 0.0641. The van der Waals surface area contributed by atoms with Gasteiger partial charge in [-0.15, -0.1) is 0 Å². The molecule has 0 saturated heterocycles. The van der Waals surface area contributed by atoms with E-state index in [1.165, 1.54) is 16.8 Å². The molecule has 3 heterocycles. The van der Waals surface area contributed by atoms with Crippen LogP contribution in [0.2, 0.25) is 0 Å². The van der Waals surface area contributed by atoms with E-state index in [1.54, 1.807) is 36.7 Å². The summed E-state index contributed by atoms with van der Waals surface area (Å²) in [5, 5.41) is 7.02. The van der Waals surface area contributed by atoms with Gasteiger partial charge in [-0.1, -0.05) is 26.8 Å². The third-order valence-corrected chi connectivity index (χ3v) is 5.70. The monoisotopic (exact) mass is 501 g/mol. The van der Waals surface area contributed by atoms with Crippen LogP contribution in [0.3, 0.4) is 0 Å². The van der Waals surface area contributed by atoms with E-state index in [4.69, 9.17) is 4.74 Å². The molecular weight excluding hydrogens is 474 g/mol. The lowest BCUT2D eigenvalue weighted by Gasteiger charge is -2.18. The van der Waals surface area contributed by atoms with Crippen molar-refractivity contribution in [3.63, 3.8) is 0 Å². The molecule has 0 saturated carbocycles. The average Bonchev–Trinajstić information content (AvgIpc) is 2.87. The van der Waals surface area contributed by atoms with Crippen LogP contribution in [0, 0.1) is 12.3 Å². The minimum atomic E-state index is -0.841. The summed E-state index contributed by atoms with van der Waals surface area (Å²) >= 11 is 0. The molecule has 0 aliphatic rings. The lowest BCUT2D eigenvalue weighted by atomic mass is 9.95. The number of amides is 2. The molecule has 0 radical (unpaired) electrons. The van der Waals surface area contributed by atoms with Crippen LogP contribution in [0.15, 0.2) is 59.9 Å². The van der Waals surface area contributed by atoms with Gasteiger partial charge in [0.05, 0.1) is 12.1 Å². The Morgan fingerprint density at radius 2 is 1.86 bits per heavy atom. The number of nitrogens with zero attached hydrogens (tertiary/aromatic N) is 3. The third-order valence-electron chi connectivity index (χ3n) is 5.70. The molecule has 0 fully saturated rings. The molecule has 1 aromatic carbocycles. The molecule has 10 nitrogen and oxygen atoms in total. The van der Waals surface area contributed by atoms with E-state index >= 15 is 0 Å². The highest BCUT2D eigenvalue weighted by molar-refractivity contribution is 6.02. The number of pyridine rings is 2. The van der Waals surface area contributed by atoms with Crippen molar-refractivity contribution in [1.82, 2.24) is 19.7 Å². The van der Waals surface area contributed by atoms with Crippen LogP contribution in [0.1, 0.15) is 47.1 Å². The summed E-state index contributed by atoms with van der Waals surface area (Å²) in [4.78, 5) is 58.5. The van der Waals surface area contributed by atoms with E-state index in [1.807, 2.05) is 33.8 Å². The molecule has 0 unspecified atom stereocenters. The zero-order valence-corrected chi connectivity index (χ0v) is 21.0. The van der Waals surface area contributed by atoms with E-state index in [0.29, 0.717) is 22.3 Å². The Kier molecular flexibility index (Phi) is 7.01. The van der Waals surface area contributed by atoms with E-state index < -0.39 is 16.9 Å². The number of aryl methyl sites for hydroxylation is 1. The number of ether oxygens (including phenoxy) is 1. The first-order chi connectivity index (χ1) is 17.6. The topological polar surface area (TPSA) is 132 Å². The average molecular weight is 502 g/mol. The highest BCUT2D eigenvalue weighted by atomic mass is 16.5.